The third kappa shape index (κ3) is 2.60. The lowest BCUT2D eigenvalue weighted by molar-refractivity contribution is -0.122. The number of nitriles is 1. The van der Waals surface area contributed by atoms with Crippen LogP contribution in [0.3, 0.4) is 0 Å². The molecule has 1 aromatic carbocycles. The van der Waals surface area contributed by atoms with E-state index < -0.39 is 5.41 Å². The summed E-state index contributed by atoms with van der Waals surface area (Å²) < 4.78 is 1.07. The number of benzene rings is 1. The Morgan fingerprint density at radius 1 is 1.41 bits per heavy atom. The van der Waals surface area contributed by atoms with Gasteiger partial charge in [0.15, 0.2) is 0 Å². The standard InChI is InChI=1S/C13H13IN2O/c14-10-4-3-5-11(8-10)16-12(17)13(9-15)6-1-2-7-13/h3-5,8H,1-2,6-7H2,(H,16,17). The van der Waals surface area contributed by atoms with Gasteiger partial charge in [0.1, 0.15) is 5.41 Å². The summed E-state index contributed by atoms with van der Waals surface area (Å²) in [5.74, 6) is -0.153. The minimum absolute atomic E-state index is 0.153. The Balaban J connectivity index is 2.14. The highest BCUT2D eigenvalue weighted by Gasteiger charge is 2.41. The Hall–Kier alpha value is -1.09. The Bertz CT molecular complexity index is 473. The van der Waals surface area contributed by atoms with E-state index in [-0.39, 0.29) is 5.91 Å². The van der Waals surface area contributed by atoms with Crippen molar-refractivity contribution < 1.29 is 4.79 Å². The fourth-order valence-electron chi connectivity index (χ4n) is 2.19. The molecule has 0 aliphatic heterocycles. The third-order valence-corrected chi connectivity index (χ3v) is 3.86. The second-order valence-electron chi connectivity index (χ2n) is 4.37. The third-order valence-electron chi connectivity index (χ3n) is 3.19. The summed E-state index contributed by atoms with van der Waals surface area (Å²) in [5.41, 5.74) is -0.0372. The van der Waals surface area contributed by atoms with Crippen LogP contribution in [0.2, 0.25) is 0 Å². The molecule has 0 heterocycles. The SMILES string of the molecule is N#CC1(C(=O)Nc2cccc(I)c2)CCCC1. The number of nitrogens with one attached hydrogen (secondary N) is 1. The first-order valence-electron chi connectivity index (χ1n) is 5.65. The highest BCUT2D eigenvalue weighted by atomic mass is 127. The lowest BCUT2D eigenvalue weighted by Gasteiger charge is -2.19. The Morgan fingerprint density at radius 3 is 2.71 bits per heavy atom. The van der Waals surface area contributed by atoms with Gasteiger partial charge in [0.05, 0.1) is 6.07 Å². The van der Waals surface area contributed by atoms with Crippen LogP contribution in [0.15, 0.2) is 24.3 Å². The van der Waals surface area contributed by atoms with Crippen LogP contribution in [0.4, 0.5) is 5.69 Å². The molecule has 0 aromatic heterocycles. The van der Waals surface area contributed by atoms with Crippen molar-refractivity contribution in [1.29, 1.82) is 5.26 Å². The Morgan fingerprint density at radius 2 is 2.12 bits per heavy atom. The minimum Gasteiger partial charge on any atom is -0.325 e. The highest BCUT2D eigenvalue weighted by molar-refractivity contribution is 14.1. The van der Waals surface area contributed by atoms with Gasteiger partial charge in [0.25, 0.3) is 0 Å². The topological polar surface area (TPSA) is 52.9 Å². The van der Waals surface area contributed by atoms with Gasteiger partial charge in [0, 0.05) is 9.26 Å². The van der Waals surface area contributed by atoms with Gasteiger partial charge in [0.2, 0.25) is 5.91 Å². The number of carbonyl (C=O) groups excluding carboxylic acids is 1. The van der Waals surface area contributed by atoms with Crippen molar-refractivity contribution in [3.05, 3.63) is 27.8 Å². The normalized spacial score (nSPS) is 17.4. The van der Waals surface area contributed by atoms with E-state index in [4.69, 9.17) is 0 Å². The maximum atomic E-state index is 12.1. The number of nitrogens with zero attached hydrogens (tertiary/aromatic N) is 1. The molecule has 0 unspecified atom stereocenters. The highest BCUT2D eigenvalue weighted by Crippen LogP contribution is 2.38. The maximum Gasteiger partial charge on any atom is 0.244 e. The molecule has 1 fully saturated rings. The molecule has 3 nitrogen and oxygen atoms in total. The smallest absolute Gasteiger partial charge is 0.244 e. The first-order chi connectivity index (χ1) is 8.16. The van der Waals surface area contributed by atoms with Gasteiger partial charge in [-0.25, -0.2) is 0 Å². The summed E-state index contributed by atoms with van der Waals surface area (Å²) in [5, 5.41) is 12.1. The quantitative estimate of drug-likeness (QED) is 0.840. The van der Waals surface area contributed by atoms with Gasteiger partial charge < -0.3 is 5.32 Å². The van der Waals surface area contributed by atoms with Gasteiger partial charge in [-0.15, -0.1) is 0 Å². The van der Waals surface area contributed by atoms with E-state index >= 15 is 0 Å². The predicted molar refractivity (Wildman–Crippen MR) is 74.3 cm³/mol. The molecule has 1 aliphatic rings. The van der Waals surface area contributed by atoms with Crippen LogP contribution in [0.1, 0.15) is 25.7 Å². The van der Waals surface area contributed by atoms with Crippen LogP contribution < -0.4 is 5.32 Å². The van der Waals surface area contributed by atoms with Crippen LogP contribution in [-0.4, -0.2) is 5.91 Å². The van der Waals surface area contributed by atoms with Crippen molar-refractivity contribution >= 4 is 34.2 Å². The molecule has 17 heavy (non-hydrogen) atoms. The van der Waals surface area contributed by atoms with E-state index in [1.165, 1.54) is 0 Å². The largest absolute Gasteiger partial charge is 0.325 e. The molecule has 0 spiro atoms. The first kappa shape index (κ1) is 12.4. The Labute approximate surface area is 114 Å². The van der Waals surface area contributed by atoms with E-state index in [2.05, 4.69) is 34.0 Å². The second-order valence-corrected chi connectivity index (χ2v) is 5.61. The zero-order valence-electron chi connectivity index (χ0n) is 9.37. The average molecular weight is 340 g/mol. The molecule has 1 aromatic rings. The molecule has 1 amide bonds. The van der Waals surface area contributed by atoms with Crippen LogP contribution in [0.5, 0.6) is 0 Å². The molecule has 0 radical (unpaired) electrons. The lowest BCUT2D eigenvalue weighted by atomic mass is 9.87. The predicted octanol–water partition coefficient (Wildman–Crippen LogP) is 3.31. The minimum atomic E-state index is -0.804. The molecular formula is C13H13IN2O. The van der Waals surface area contributed by atoms with Gasteiger partial charge in [-0.05, 0) is 53.6 Å². The van der Waals surface area contributed by atoms with E-state index in [1.54, 1.807) is 0 Å². The monoisotopic (exact) mass is 340 g/mol. The van der Waals surface area contributed by atoms with Crippen LogP contribution in [0.25, 0.3) is 0 Å². The molecule has 88 valence electrons. The van der Waals surface area contributed by atoms with Crippen molar-refractivity contribution in [1.82, 2.24) is 0 Å². The number of anilines is 1. The zero-order chi connectivity index (χ0) is 12.3. The average Bonchev–Trinajstić information content (AvgIpc) is 2.78. The van der Waals surface area contributed by atoms with Gasteiger partial charge >= 0.3 is 0 Å². The molecular weight excluding hydrogens is 327 g/mol. The molecule has 1 saturated carbocycles. The fraction of sp³-hybridized carbons (Fsp3) is 0.385. The number of carbonyl (C=O) groups is 1. The summed E-state index contributed by atoms with van der Waals surface area (Å²) in [4.78, 5) is 12.1. The summed E-state index contributed by atoms with van der Waals surface area (Å²) in [6, 6.07) is 9.80. The molecule has 2 rings (SSSR count). The fourth-order valence-corrected chi connectivity index (χ4v) is 2.73. The molecule has 0 saturated heterocycles. The molecule has 0 bridgehead atoms. The second kappa shape index (κ2) is 5.05. The van der Waals surface area contributed by atoms with Gasteiger partial charge in [-0.3, -0.25) is 4.79 Å². The Kier molecular flexibility index (Phi) is 3.67. The van der Waals surface area contributed by atoms with Crippen LogP contribution in [0, 0.1) is 20.3 Å². The van der Waals surface area contributed by atoms with E-state index in [0.717, 1.165) is 22.1 Å². The van der Waals surface area contributed by atoms with E-state index in [9.17, 15) is 10.1 Å². The summed E-state index contributed by atoms with van der Waals surface area (Å²) in [6.45, 7) is 0. The van der Waals surface area contributed by atoms with Gasteiger partial charge in [-0.1, -0.05) is 18.9 Å². The van der Waals surface area contributed by atoms with Crippen molar-refractivity contribution in [2.24, 2.45) is 5.41 Å². The van der Waals surface area contributed by atoms with Gasteiger partial charge in [-0.2, -0.15) is 5.26 Å². The number of halogens is 1. The van der Waals surface area contributed by atoms with E-state index in [1.807, 2.05) is 24.3 Å². The molecule has 0 atom stereocenters. The van der Waals surface area contributed by atoms with Crippen molar-refractivity contribution in [3.63, 3.8) is 0 Å². The number of hydrogen-bond acceptors (Lipinski definition) is 2. The summed E-state index contributed by atoms with van der Waals surface area (Å²) in [6.07, 6.45) is 3.29. The van der Waals surface area contributed by atoms with Crippen molar-refractivity contribution in [2.75, 3.05) is 5.32 Å². The number of rotatable bonds is 2. The molecule has 1 aliphatic carbocycles. The summed E-state index contributed by atoms with van der Waals surface area (Å²) in [7, 11) is 0. The van der Waals surface area contributed by atoms with Crippen LogP contribution >= 0.6 is 22.6 Å². The molecule has 1 N–H and O–H groups in total. The lowest BCUT2D eigenvalue weighted by Crippen LogP contribution is -2.32. The van der Waals surface area contributed by atoms with Crippen molar-refractivity contribution in [3.8, 4) is 6.07 Å². The first-order valence-corrected chi connectivity index (χ1v) is 6.72. The van der Waals surface area contributed by atoms with Crippen LogP contribution in [-0.2, 0) is 4.79 Å². The zero-order valence-corrected chi connectivity index (χ0v) is 11.5. The number of amides is 1. The molecule has 4 heteroatoms. The number of hydrogen-bond donors (Lipinski definition) is 1. The summed E-state index contributed by atoms with van der Waals surface area (Å²) >= 11 is 2.20. The van der Waals surface area contributed by atoms with E-state index in [0.29, 0.717) is 12.8 Å². The maximum absolute atomic E-state index is 12.1. The van der Waals surface area contributed by atoms with Crippen molar-refractivity contribution in [2.45, 2.75) is 25.7 Å².